The van der Waals surface area contributed by atoms with Crippen LogP contribution < -0.4 is 27.4 Å². The molecule has 32 heavy (non-hydrogen) atoms. The van der Waals surface area contributed by atoms with Crippen molar-refractivity contribution in [1.82, 2.24) is 16.0 Å². The van der Waals surface area contributed by atoms with Gasteiger partial charge < -0.3 is 37.6 Å². The number of nitrogens with one attached hydrogen (secondary N) is 3. The van der Waals surface area contributed by atoms with Crippen LogP contribution in [0.15, 0.2) is 0 Å². The van der Waals surface area contributed by atoms with E-state index >= 15 is 0 Å². The summed E-state index contributed by atoms with van der Waals surface area (Å²) in [6.45, 7) is 3.84. The average Bonchev–Trinajstić information content (AvgIpc) is 2.74. The van der Waals surface area contributed by atoms with Gasteiger partial charge in [-0.05, 0) is 31.7 Å². The van der Waals surface area contributed by atoms with Gasteiger partial charge in [0, 0.05) is 5.75 Å². The molecule has 0 aromatic heterocycles. The van der Waals surface area contributed by atoms with Crippen molar-refractivity contribution in [3.05, 3.63) is 0 Å². The first-order valence-corrected chi connectivity index (χ1v) is 11.0. The molecule has 12 nitrogen and oxygen atoms in total. The van der Waals surface area contributed by atoms with E-state index in [0.717, 1.165) is 0 Å². The Labute approximate surface area is 192 Å². The molecule has 5 unspecified atom stereocenters. The number of nitrogens with two attached hydrogens (primary N) is 2. The van der Waals surface area contributed by atoms with E-state index < -0.39 is 60.2 Å². The molecule has 184 valence electrons. The first-order valence-electron chi connectivity index (χ1n) is 10.4. The molecule has 0 rings (SSSR count). The first kappa shape index (κ1) is 29.6. The normalized spacial score (nSPS) is 15.5. The summed E-state index contributed by atoms with van der Waals surface area (Å²) in [7, 11) is 0. The van der Waals surface area contributed by atoms with Crippen LogP contribution in [0.1, 0.15) is 46.0 Å². The number of hydrogen-bond acceptors (Lipinski definition) is 8. The van der Waals surface area contributed by atoms with Crippen molar-refractivity contribution in [3.8, 4) is 0 Å². The smallest absolute Gasteiger partial charge is 0.326 e. The second kappa shape index (κ2) is 15.4. The van der Waals surface area contributed by atoms with Crippen LogP contribution in [0.5, 0.6) is 0 Å². The zero-order valence-electron chi connectivity index (χ0n) is 18.4. The lowest BCUT2D eigenvalue weighted by Crippen LogP contribution is -2.59. The number of amides is 3. The van der Waals surface area contributed by atoms with E-state index in [0.29, 0.717) is 25.8 Å². The van der Waals surface area contributed by atoms with Crippen molar-refractivity contribution >= 4 is 42.3 Å². The van der Waals surface area contributed by atoms with Gasteiger partial charge in [-0.25, -0.2) is 4.79 Å². The van der Waals surface area contributed by atoms with E-state index in [-0.39, 0.29) is 18.1 Å². The number of hydrogen-bond donors (Lipinski definition) is 8. The minimum atomic E-state index is -1.54. The highest BCUT2D eigenvalue weighted by atomic mass is 32.1. The summed E-state index contributed by atoms with van der Waals surface area (Å²) in [6.07, 6.45) is 0.812. The topological polar surface area (TPSA) is 214 Å². The molecule has 0 heterocycles. The van der Waals surface area contributed by atoms with Gasteiger partial charge >= 0.3 is 11.9 Å². The molecule has 3 amide bonds. The second-order valence-corrected chi connectivity index (χ2v) is 7.87. The third-order valence-corrected chi connectivity index (χ3v) is 5.29. The van der Waals surface area contributed by atoms with Crippen LogP contribution in [-0.2, 0) is 24.0 Å². The molecule has 9 N–H and O–H groups in total. The largest absolute Gasteiger partial charge is 0.481 e. The minimum absolute atomic E-state index is 0.0471. The molecule has 0 bridgehead atoms. The lowest BCUT2D eigenvalue weighted by atomic mass is 9.97. The maximum absolute atomic E-state index is 12.8. The van der Waals surface area contributed by atoms with E-state index in [4.69, 9.17) is 16.6 Å². The number of thiol groups is 1. The van der Waals surface area contributed by atoms with Crippen LogP contribution in [0.25, 0.3) is 0 Å². The van der Waals surface area contributed by atoms with Crippen molar-refractivity contribution in [2.24, 2.45) is 17.4 Å². The fraction of sp³-hybridized carbons (Fsp3) is 0.737. The summed E-state index contributed by atoms with van der Waals surface area (Å²) in [5, 5.41) is 25.5. The Morgan fingerprint density at radius 2 is 1.53 bits per heavy atom. The molecule has 0 fully saturated rings. The van der Waals surface area contributed by atoms with E-state index in [1.165, 1.54) is 0 Å². The Balaban J connectivity index is 5.47. The van der Waals surface area contributed by atoms with E-state index in [1.807, 2.05) is 0 Å². The van der Waals surface area contributed by atoms with E-state index in [9.17, 15) is 29.1 Å². The molecular formula is C19H35N5O7S. The maximum atomic E-state index is 12.8. The molecule has 0 aromatic carbocycles. The number of carboxylic acids is 2. The molecule has 0 aromatic rings. The highest BCUT2D eigenvalue weighted by Crippen LogP contribution is 2.10. The molecule has 0 saturated carbocycles. The molecular weight excluding hydrogens is 442 g/mol. The first-order chi connectivity index (χ1) is 15.0. The lowest BCUT2D eigenvalue weighted by Gasteiger charge is -2.27. The minimum Gasteiger partial charge on any atom is -0.481 e. The van der Waals surface area contributed by atoms with Gasteiger partial charge in [-0.3, -0.25) is 19.2 Å². The van der Waals surface area contributed by atoms with Crippen molar-refractivity contribution < 1.29 is 34.2 Å². The van der Waals surface area contributed by atoms with Crippen LogP contribution >= 0.6 is 12.6 Å². The third kappa shape index (κ3) is 10.8. The van der Waals surface area contributed by atoms with Gasteiger partial charge in [-0.1, -0.05) is 20.3 Å². The molecule has 0 spiro atoms. The van der Waals surface area contributed by atoms with Gasteiger partial charge in [0.25, 0.3) is 0 Å². The van der Waals surface area contributed by atoms with Gasteiger partial charge in [-0.2, -0.15) is 12.6 Å². The number of carbonyl (C=O) groups excluding carboxylic acids is 3. The Morgan fingerprint density at radius 3 is 2.00 bits per heavy atom. The highest BCUT2D eigenvalue weighted by molar-refractivity contribution is 7.80. The predicted octanol–water partition coefficient (Wildman–Crippen LogP) is -1.57. The molecule has 0 radical (unpaired) electrons. The van der Waals surface area contributed by atoms with Crippen molar-refractivity contribution in [2.45, 2.75) is 70.1 Å². The summed E-state index contributed by atoms with van der Waals surface area (Å²) in [5.74, 6) is -5.33. The zero-order valence-corrected chi connectivity index (χ0v) is 19.3. The van der Waals surface area contributed by atoms with Gasteiger partial charge in [-0.15, -0.1) is 0 Å². The van der Waals surface area contributed by atoms with Gasteiger partial charge in [0.05, 0.1) is 12.5 Å². The van der Waals surface area contributed by atoms with Crippen LogP contribution in [-0.4, -0.2) is 76.3 Å². The van der Waals surface area contributed by atoms with Crippen LogP contribution in [0.4, 0.5) is 0 Å². The molecule has 5 atom stereocenters. The van der Waals surface area contributed by atoms with Gasteiger partial charge in [0.1, 0.15) is 18.1 Å². The number of carbonyl (C=O) groups is 5. The number of unbranched alkanes of at least 4 members (excludes halogenated alkanes) is 1. The lowest BCUT2D eigenvalue weighted by molar-refractivity contribution is -0.144. The fourth-order valence-corrected chi connectivity index (χ4v) is 2.88. The van der Waals surface area contributed by atoms with Gasteiger partial charge in [0.2, 0.25) is 17.7 Å². The third-order valence-electron chi connectivity index (χ3n) is 4.90. The Bertz CT molecular complexity index is 664. The van der Waals surface area contributed by atoms with Gasteiger partial charge in [0.15, 0.2) is 0 Å². The van der Waals surface area contributed by atoms with Crippen LogP contribution in [0, 0.1) is 5.92 Å². The van der Waals surface area contributed by atoms with E-state index in [1.54, 1.807) is 13.8 Å². The quantitative estimate of drug-likeness (QED) is 0.0950. The van der Waals surface area contributed by atoms with Crippen LogP contribution in [0.2, 0.25) is 0 Å². The Kier molecular flexibility index (Phi) is 14.3. The van der Waals surface area contributed by atoms with E-state index in [2.05, 4.69) is 28.6 Å². The molecule has 13 heteroatoms. The van der Waals surface area contributed by atoms with Crippen molar-refractivity contribution in [3.63, 3.8) is 0 Å². The summed E-state index contributed by atoms with van der Waals surface area (Å²) in [5.41, 5.74) is 11.0. The molecule has 0 aliphatic carbocycles. The molecule has 0 saturated heterocycles. The Hall–Kier alpha value is -2.38. The zero-order chi connectivity index (χ0) is 24.8. The standard InChI is InChI=1S/C19H35N5O7S/c1-3-10(2)15(24-16(27)11(21)9-32)18(29)23-13(8-14(25)26)17(28)22-12(19(30)31)6-4-5-7-20/h10-13,15,32H,3-9,20-21H2,1-2H3,(H,22,28)(H,23,29)(H,24,27)(H,25,26)(H,30,31). The molecule has 0 aliphatic heterocycles. The number of rotatable bonds is 16. The fourth-order valence-electron chi connectivity index (χ4n) is 2.71. The summed E-state index contributed by atoms with van der Waals surface area (Å²) in [6, 6.07) is -4.85. The van der Waals surface area contributed by atoms with Crippen molar-refractivity contribution in [1.29, 1.82) is 0 Å². The summed E-state index contributed by atoms with van der Waals surface area (Å²) >= 11 is 3.94. The Morgan fingerprint density at radius 1 is 0.938 bits per heavy atom. The molecule has 0 aliphatic rings. The number of aliphatic carboxylic acids is 2. The number of carboxylic acid groups (broad SMARTS) is 2. The summed E-state index contributed by atoms with van der Waals surface area (Å²) < 4.78 is 0. The van der Waals surface area contributed by atoms with Crippen LogP contribution in [0.3, 0.4) is 0 Å². The SMILES string of the molecule is CCC(C)C(NC(=O)C(N)CS)C(=O)NC(CC(=O)O)C(=O)NC(CCCCN)C(=O)O. The average molecular weight is 478 g/mol. The predicted molar refractivity (Wildman–Crippen MR) is 120 cm³/mol. The monoisotopic (exact) mass is 477 g/mol. The van der Waals surface area contributed by atoms with Crippen molar-refractivity contribution in [2.75, 3.05) is 12.3 Å². The maximum Gasteiger partial charge on any atom is 0.326 e. The summed E-state index contributed by atoms with van der Waals surface area (Å²) in [4.78, 5) is 60.2. The second-order valence-electron chi connectivity index (χ2n) is 7.50. The highest BCUT2D eigenvalue weighted by Gasteiger charge is 2.33.